The molecule has 110 valence electrons. The molecule has 2 aliphatic heterocycles. The van der Waals surface area contributed by atoms with Gasteiger partial charge in [0, 0.05) is 50.9 Å². The van der Waals surface area contributed by atoms with Crippen molar-refractivity contribution in [1.29, 1.82) is 0 Å². The molecular weight excluding hydrogens is 258 g/mol. The molecule has 0 saturated carbocycles. The number of hydrogen-bond acceptors (Lipinski definition) is 4. The number of fused-ring (bicyclic) bond motifs is 1. The Bertz CT molecular complexity index is 480. The van der Waals surface area contributed by atoms with E-state index in [2.05, 4.69) is 14.5 Å². The Morgan fingerprint density at radius 3 is 2.95 bits per heavy atom. The molecule has 0 spiro atoms. The molecule has 0 aliphatic carbocycles. The fraction of sp³-hybridized carbons (Fsp3) is 0.714. The summed E-state index contributed by atoms with van der Waals surface area (Å²) in [5, 5.41) is 9.10. The number of carbonyl (C=O) groups is 1. The summed E-state index contributed by atoms with van der Waals surface area (Å²) >= 11 is 0. The van der Waals surface area contributed by atoms with Gasteiger partial charge in [-0.1, -0.05) is 0 Å². The molecular formula is C14H21N3O3. The van der Waals surface area contributed by atoms with Gasteiger partial charge in [-0.15, -0.1) is 0 Å². The zero-order valence-electron chi connectivity index (χ0n) is 11.6. The van der Waals surface area contributed by atoms with Crippen LogP contribution in [0, 0.1) is 5.92 Å². The number of hydrogen-bond donors (Lipinski definition) is 1. The third-order valence-corrected chi connectivity index (χ3v) is 4.28. The topological polar surface area (TPSA) is 67.6 Å². The number of ether oxygens (including phenoxy) is 1. The van der Waals surface area contributed by atoms with E-state index in [9.17, 15) is 4.79 Å². The molecule has 1 aromatic heterocycles. The molecule has 20 heavy (non-hydrogen) atoms. The van der Waals surface area contributed by atoms with Gasteiger partial charge in [0.15, 0.2) is 0 Å². The number of nitrogens with zero attached hydrogens (tertiary/aromatic N) is 3. The van der Waals surface area contributed by atoms with Gasteiger partial charge in [-0.25, -0.2) is 4.98 Å². The van der Waals surface area contributed by atoms with Crippen molar-refractivity contribution < 1.29 is 14.6 Å². The number of imidazole rings is 1. The summed E-state index contributed by atoms with van der Waals surface area (Å²) in [6.07, 6.45) is 4.10. The van der Waals surface area contributed by atoms with Crippen LogP contribution < -0.4 is 0 Å². The van der Waals surface area contributed by atoms with E-state index >= 15 is 0 Å². The summed E-state index contributed by atoms with van der Waals surface area (Å²) < 4.78 is 7.55. The van der Waals surface area contributed by atoms with Gasteiger partial charge in [-0.2, -0.15) is 0 Å². The Morgan fingerprint density at radius 1 is 1.40 bits per heavy atom. The second-order valence-corrected chi connectivity index (χ2v) is 5.55. The van der Waals surface area contributed by atoms with Crippen molar-refractivity contribution in [2.45, 2.75) is 25.8 Å². The van der Waals surface area contributed by atoms with Gasteiger partial charge in [0.05, 0.1) is 19.1 Å². The molecule has 0 bridgehead atoms. The summed E-state index contributed by atoms with van der Waals surface area (Å²) in [7, 11) is 0. The van der Waals surface area contributed by atoms with Crippen LogP contribution in [0.5, 0.6) is 0 Å². The van der Waals surface area contributed by atoms with Crippen LogP contribution in [0.4, 0.5) is 0 Å². The number of aliphatic carboxylic acids is 1. The lowest BCUT2D eigenvalue weighted by Crippen LogP contribution is -2.37. The molecule has 1 aromatic rings. The van der Waals surface area contributed by atoms with E-state index in [0.29, 0.717) is 12.8 Å². The van der Waals surface area contributed by atoms with E-state index in [1.165, 1.54) is 0 Å². The van der Waals surface area contributed by atoms with Crippen molar-refractivity contribution in [3.05, 3.63) is 17.7 Å². The van der Waals surface area contributed by atoms with E-state index in [1.807, 2.05) is 6.20 Å². The molecule has 2 aliphatic rings. The summed E-state index contributed by atoms with van der Waals surface area (Å²) in [6, 6.07) is 0. The van der Waals surface area contributed by atoms with Crippen molar-refractivity contribution in [3.8, 4) is 0 Å². The first kappa shape index (κ1) is 13.6. The molecule has 0 amide bonds. The quantitative estimate of drug-likeness (QED) is 0.864. The van der Waals surface area contributed by atoms with Crippen LogP contribution in [0.25, 0.3) is 0 Å². The lowest BCUT2D eigenvalue weighted by molar-refractivity contribution is -0.142. The second-order valence-electron chi connectivity index (χ2n) is 5.55. The van der Waals surface area contributed by atoms with Gasteiger partial charge in [0.2, 0.25) is 0 Å². The van der Waals surface area contributed by atoms with Gasteiger partial charge >= 0.3 is 5.97 Å². The van der Waals surface area contributed by atoms with Crippen molar-refractivity contribution in [2.24, 2.45) is 5.92 Å². The number of aromatic nitrogens is 2. The summed E-state index contributed by atoms with van der Waals surface area (Å²) in [5.74, 6) is 0.161. The van der Waals surface area contributed by atoms with Gasteiger partial charge in [0.1, 0.15) is 5.82 Å². The standard InChI is InChI=1S/C14H21N3O3/c18-14(19)11-1-4-17-12(9-11)10-15-13(17)2-3-16-5-7-20-8-6-16/h10-11H,1-9H2,(H,18,19). The maximum absolute atomic E-state index is 11.1. The fourth-order valence-corrected chi connectivity index (χ4v) is 3.02. The molecule has 1 saturated heterocycles. The molecule has 1 fully saturated rings. The summed E-state index contributed by atoms with van der Waals surface area (Å²) in [5.41, 5.74) is 1.07. The summed E-state index contributed by atoms with van der Waals surface area (Å²) in [4.78, 5) is 17.9. The normalized spacial score (nSPS) is 23.5. The number of carboxylic acids is 1. The average Bonchev–Trinajstić information content (AvgIpc) is 2.88. The van der Waals surface area contributed by atoms with Gasteiger partial charge in [-0.05, 0) is 6.42 Å². The minimum atomic E-state index is -0.688. The van der Waals surface area contributed by atoms with Crippen LogP contribution in [-0.2, 0) is 28.9 Å². The molecule has 6 heteroatoms. The molecule has 6 nitrogen and oxygen atoms in total. The molecule has 0 radical (unpaired) electrons. The summed E-state index contributed by atoms with van der Waals surface area (Å²) in [6.45, 7) is 5.41. The largest absolute Gasteiger partial charge is 0.481 e. The second kappa shape index (κ2) is 5.93. The van der Waals surface area contributed by atoms with E-state index in [0.717, 1.165) is 57.3 Å². The third-order valence-electron chi connectivity index (χ3n) is 4.28. The van der Waals surface area contributed by atoms with Crippen LogP contribution in [0.1, 0.15) is 17.9 Å². The van der Waals surface area contributed by atoms with Crippen LogP contribution in [0.15, 0.2) is 6.20 Å². The maximum Gasteiger partial charge on any atom is 0.306 e. The maximum atomic E-state index is 11.1. The Morgan fingerprint density at radius 2 is 2.20 bits per heavy atom. The molecule has 1 unspecified atom stereocenters. The number of carboxylic acid groups (broad SMARTS) is 1. The van der Waals surface area contributed by atoms with E-state index in [4.69, 9.17) is 9.84 Å². The number of morpholine rings is 1. The monoisotopic (exact) mass is 279 g/mol. The Kier molecular flexibility index (Phi) is 4.03. The Hall–Kier alpha value is -1.40. The van der Waals surface area contributed by atoms with Crippen LogP contribution in [0.2, 0.25) is 0 Å². The van der Waals surface area contributed by atoms with Crippen LogP contribution in [-0.4, -0.2) is 58.4 Å². The Balaban J connectivity index is 1.60. The first-order valence-electron chi connectivity index (χ1n) is 7.30. The van der Waals surface area contributed by atoms with Crippen LogP contribution in [0.3, 0.4) is 0 Å². The van der Waals surface area contributed by atoms with E-state index < -0.39 is 5.97 Å². The molecule has 3 rings (SSSR count). The highest BCUT2D eigenvalue weighted by molar-refractivity contribution is 5.70. The van der Waals surface area contributed by atoms with E-state index in [1.54, 1.807) is 0 Å². The SMILES string of the molecule is O=C(O)C1CCn2c(cnc2CCN2CCOCC2)C1. The van der Waals surface area contributed by atoms with Gasteiger partial charge in [-0.3, -0.25) is 9.69 Å². The highest BCUT2D eigenvalue weighted by Gasteiger charge is 2.26. The van der Waals surface area contributed by atoms with Gasteiger partial charge < -0.3 is 14.4 Å². The zero-order valence-corrected chi connectivity index (χ0v) is 11.6. The molecule has 0 aromatic carbocycles. The van der Waals surface area contributed by atoms with Gasteiger partial charge in [0.25, 0.3) is 0 Å². The molecule has 1 N–H and O–H groups in total. The first-order valence-corrected chi connectivity index (χ1v) is 7.30. The third kappa shape index (κ3) is 2.86. The minimum Gasteiger partial charge on any atom is -0.481 e. The highest BCUT2D eigenvalue weighted by atomic mass is 16.5. The predicted molar refractivity (Wildman–Crippen MR) is 72.6 cm³/mol. The Labute approximate surface area is 118 Å². The lowest BCUT2D eigenvalue weighted by Gasteiger charge is -2.27. The van der Waals surface area contributed by atoms with Crippen LogP contribution >= 0.6 is 0 Å². The minimum absolute atomic E-state index is 0.244. The van der Waals surface area contributed by atoms with Crippen molar-refractivity contribution in [3.63, 3.8) is 0 Å². The average molecular weight is 279 g/mol. The molecule has 3 heterocycles. The zero-order chi connectivity index (χ0) is 13.9. The smallest absolute Gasteiger partial charge is 0.306 e. The molecule has 1 atom stereocenters. The lowest BCUT2D eigenvalue weighted by atomic mass is 9.96. The number of rotatable bonds is 4. The van der Waals surface area contributed by atoms with Crippen molar-refractivity contribution in [1.82, 2.24) is 14.5 Å². The highest BCUT2D eigenvalue weighted by Crippen LogP contribution is 2.22. The first-order chi connectivity index (χ1) is 9.74. The predicted octanol–water partition coefficient (Wildman–Crippen LogP) is 0.405. The van der Waals surface area contributed by atoms with Crippen molar-refractivity contribution >= 4 is 5.97 Å². The van der Waals surface area contributed by atoms with Crippen molar-refractivity contribution in [2.75, 3.05) is 32.8 Å². The van der Waals surface area contributed by atoms with E-state index in [-0.39, 0.29) is 5.92 Å². The fourth-order valence-electron chi connectivity index (χ4n) is 3.02.